The summed E-state index contributed by atoms with van der Waals surface area (Å²) >= 11 is 5.19. The molecular formula is C11H16BrNOS. The molecule has 1 aromatic heterocycles. The van der Waals surface area contributed by atoms with Crippen LogP contribution in [0.3, 0.4) is 0 Å². The van der Waals surface area contributed by atoms with Crippen molar-refractivity contribution >= 4 is 27.3 Å². The lowest BCUT2D eigenvalue weighted by Crippen LogP contribution is -2.47. The Kier molecular flexibility index (Phi) is 3.50. The third-order valence-corrected chi connectivity index (χ3v) is 4.79. The van der Waals surface area contributed by atoms with Gasteiger partial charge in [-0.15, -0.1) is 11.3 Å². The average molecular weight is 290 g/mol. The minimum absolute atomic E-state index is 0.0868. The molecule has 84 valence electrons. The molecule has 2 N–H and O–H groups in total. The van der Waals surface area contributed by atoms with Crippen LogP contribution in [0.25, 0.3) is 0 Å². The van der Waals surface area contributed by atoms with Crippen molar-refractivity contribution in [1.29, 1.82) is 0 Å². The van der Waals surface area contributed by atoms with Gasteiger partial charge in [-0.2, -0.15) is 0 Å². The highest BCUT2D eigenvalue weighted by molar-refractivity contribution is 9.10. The van der Waals surface area contributed by atoms with Crippen molar-refractivity contribution in [2.24, 2.45) is 5.92 Å². The molecule has 1 aliphatic rings. The van der Waals surface area contributed by atoms with Gasteiger partial charge in [-0.05, 0) is 47.7 Å². The van der Waals surface area contributed by atoms with Crippen LogP contribution < -0.4 is 5.32 Å². The standard InChI is InChI=1S/C11H16BrNOS/c1-11(7-14,8-2-3-8)13-5-10-4-9(12)6-15-10/h4,6,8,13-14H,2-3,5,7H2,1H3. The molecule has 1 aliphatic carbocycles. The van der Waals surface area contributed by atoms with Crippen molar-refractivity contribution in [2.75, 3.05) is 6.61 Å². The molecule has 0 aliphatic heterocycles. The number of nitrogens with one attached hydrogen (secondary N) is 1. The zero-order valence-corrected chi connectivity index (χ0v) is 11.2. The summed E-state index contributed by atoms with van der Waals surface area (Å²) in [5.74, 6) is 0.658. The third kappa shape index (κ3) is 2.81. The van der Waals surface area contributed by atoms with Crippen molar-refractivity contribution in [1.82, 2.24) is 5.32 Å². The molecule has 0 saturated heterocycles. The van der Waals surface area contributed by atoms with Gasteiger partial charge in [-0.25, -0.2) is 0 Å². The molecule has 4 heteroatoms. The summed E-state index contributed by atoms with van der Waals surface area (Å²) in [6.07, 6.45) is 2.50. The molecule has 2 nitrogen and oxygen atoms in total. The lowest BCUT2D eigenvalue weighted by Gasteiger charge is -2.28. The first-order valence-electron chi connectivity index (χ1n) is 5.23. The smallest absolute Gasteiger partial charge is 0.0613 e. The van der Waals surface area contributed by atoms with Crippen LogP contribution in [0, 0.1) is 5.92 Å². The minimum atomic E-state index is -0.0868. The lowest BCUT2D eigenvalue weighted by atomic mass is 9.97. The van der Waals surface area contributed by atoms with E-state index >= 15 is 0 Å². The van der Waals surface area contributed by atoms with Gasteiger partial charge in [0.2, 0.25) is 0 Å². The molecule has 1 atom stereocenters. The van der Waals surface area contributed by atoms with E-state index in [2.05, 4.69) is 39.6 Å². The summed E-state index contributed by atoms with van der Waals surface area (Å²) in [4.78, 5) is 1.31. The zero-order valence-electron chi connectivity index (χ0n) is 8.79. The summed E-state index contributed by atoms with van der Waals surface area (Å²) in [7, 11) is 0. The van der Waals surface area contributed by atoms with E-state index in [0.717, 1.165) is 11.0 Å². The number of hydrogen-bond donors (Lipinski definition) is 2. The van der Waals surface area contributed by atoms with Crippen molar-refractivity contribution in [3.8, 4) is 0 Å². The van der Waals surface area contributed by atoms with Crippen LogP contribution in [-0.4, -0.2) is 17.3 Å². The predicted molar refractivity (Wildman–Crippen MR) is 67.1 cm³/mol. The highest BCUT2D eigenvalue weighted by Gasteiger charge is 2.40. The number of aliphatic hydroxyl groups excluding tert-OH is 1. The van der Waals surface area contributed by atoms with Gasteiger partial charge in [-0.3, -0.25) is 0 Å². The van der Waals surface area contributed by atoms with Crippen molar-refractivity contribution in [3.05, 3.63) is 20.8 Å². The number of hydrogen-bond acceptors (Lipinski definition) is 3. The largest absolute Gasteiger partial charge is 0.394 e. The molecule has 0 radical (unpaired) electrons. The highest BCUT2D eigenvalue weighted by Crippen LogP contribution is 2.39. The molecule has 0 bridgehead atoms. The van der Waals surface area contributed by atoms with Gasteiger partial charge < -0.3 is 10.4 Å². The van der Waals surface area contributed by atoms with Crippen molar-refractivity contribution in [3.63, 3.8) is 0 Å². The molecule has 2 rings (SSSR count). The molecular weight excluding hydrogens is 274 g/mol. The Hall–Kier alpha value is 0.1000. The monoisotopic (exact) mass is 289 g/mol. The molecule has 1 heterocycles. The Labute approximate surface area is 103 Å². The number of halogens is 1. The number of aliphatic hydroxyl groups is 1. The number of rotatable bonds is 5. The van der Waals surface area contributed by atoms with E-state index in [1.165, 1.54) is 17.7 Å². The topological polar surface area (TPSA) is 32.3 Å². The van der Waals surface area contributed by atoms with Crippen LogP contribution >= 0.6 is 27.3 Å². The normalized spacial score (nSPS) is 20.2. The summed E-state index contributed by atoms with van der Waals surface area (Å²) in [5, 5.41) is 15.0. The van der Waals surface area contributed by atoms with Gasteiger partial charge in [0, 0.05) is 26.8 Å². The fraction of sp³-hybridized carbons (Fsp3) is 0.636. The van der Waals surface area contributed by atoms with Gasteiger partial charge in [0.15, 0.2) is 0 Å². The van der Waals surface area contributed by atoms with Crippen LogP contribution in [0.2, 0.25) is 0 Å². The van der Waals surface area contributed by atoms with Gasteiger partial charge in [0.25, 0.3) is 0 Å². The first-order chi connectivity index (χ1) is 7.14. The third-order valence-electron chi connectivity index (χ3n) is 3.10. The molecule has 1 aromatic rings. The summed E-state index contributed by atoms with van der Waals surface area (Å²) in [5.41, 5.74) is -0.0868. The van der Waals surface area contributed by atoms with Crippen molar-refractivity contribution in [2.45, 2.75) is 31.8 Å². The van der Waals surface area contributed by atoms with E-state index in [-0.39, 0.29) is 12.1 Å². The average Bonchev–Trinajstić information content (AvgIpc) is 3.00. The van der Waals surface area contributed by atoms with Gasteiger partial charge in [0.1, 0.15) is 0 Å². The quantitative estimate of drug-likeness (QED) is 0.874. The lowest BCUT2D eigenvalue weighted by molar-refractivity contribution is 0.154. The molecule has 15 heavy (non-hydrogen) atoms. The zero-order chi connectivity index (χ0) is 10.9. The molecule has 0 spiro atoms. The maximum Gasteiger partial charge on any atom is 0.0613 e. The first kappa shape index (κ1) is 11.6. The maximum absolute atomic E-state index is 9.41. The van der Waals surface area contributed by atoms with E-state index in [4.69, 9.17) is 0 Å². The highest BCUT2D eigenvalue weighted by atomic mass is 79.9. The minimum Gasteiger partial charge on any atom is -0.394 e. The maximum atomic E-state index is 9.41. The van der Waals surface area contributed by atoms with Gasteiger partial charge >= 0.3 is 0 Å². The van der Waals surface area contributed by atoms with E-state index in [1.807, 2.05) is 0 Å². The molecule has 1 unspecified atom stereocenters. The summed E-state index contributed by atoms with van der Waals surface area (Å²) in [6.45, 7) is 3.20. The van der Waals surface area contributed by atoms with E-state index < -0.39 is 0 Å². The number of thiophene rings is 1. The predicted octanol–water partition coefficient (Wildman–Crippen LogP) is 2.76. The Morgan fingerprint density at radius 2 is 2.40 bits per heavy atom. The summed E-state index contributed by atoms with van der Waals surface area (Å²) < 4.78 is 1.14. The Bertz CT molecular complexity index is 337. The van der Waals surface area contributed by atoms with Crippen LogP contribution in [0.1, 0.15) is 24.6 Å². The van der Waals surface area contributed by atoms with Crippen LogP contribution in [-0.2, 0) is 6.54 Å². The second kappa shape index (κ2) is 4.53. The Morgan fingerprint density at radius 3 is 2.87 bits per heavy atom. The van der Waals surface area contributed by atoms with E-state index in [9.17, 15) is 5.11 Å². The van der Waals surface area contributed by atoms with Gasteiger partial charge in [0.05, 0.1) is 6.61 Å². The Balaban J connectivity index is 1.91. The fourth-order valence-electron chi connectivity index (χ4n) is 1.79. The van der Waals surface area contributed by atoms with E-state index in [1.54, 1.807) is 11.3 Å². The van der Waals surface area contributed by atoms with Crippen LogP contribution in [0.15, 0.2) is 15.9 Å². The second-order valence-corrected chi connectivity index (χ2v) is 6.35. The van der Waals surface area contributed by atoms with Crippen LogP contribution in [0.4, 0.5) is 0 Å². The molecule has 1 saturated carbocycles. The van der Waals surface area contributed by atoms with E-state index in [0.29, 0.717) is 5.92 Å². The van der Waals surface area contributed by atoms with Crippen LogP contribution in [0.5, 0.6) is 0 Å². The van der Waals surface area contributed by atoms with Crippen molar-refractivity contribution < 1.29 is 5.11 Å². The SMILES string of the molecule is CC(CO)(NCc1cc(Br)cs1)C1CC1. The second-order valence-electron chi connectivity index (χ2n) is 4.43. The first-order valence-corrected chi connectivity index (χ1v) is 6.90. The Morgan fingerprint density at radius 1 is 1.67 bits per heavy atom. The molecule has 0 amide bonds. The summed E-state index contributed by atoms with van der Waals surface area (Å²) in [6, 6.07) is 2.13. The molecule has 0 aromatic carbocycles. The van der Waals surface area contributed by atoms with Gasteiger partial charge in [-0.1, -0.05) is 0 Å². The fourth-order valence-corrected chi connectivity index (χ4v) is 3.18. The molecule has 1 fully saturated rings.